The van der Waals surface area contributed by atoms with Gasteiger partial charge in [-0.2, -0.15) is 0 Å². The molecule has 0 aliphatic heterocycles. The van der Waals surface area contributed by atoms with Crippen LogP contribution in [-0.2, 0) is 9.59 Å². The monoisotopic (exact) mass is 294 g/mol. The predicted octanol–water partition coefficient (Wildman–Crippen LogP) is 2.13. The number of amides is 2. The van der Waals surface area contributed by atoms with Crippen molar-refractivity contribution >= 4 is 23.4 Å². The molecule has 20 heavy (non-hydrogen) atoms. The smallest absolute Gasteiger partial charge is 0.242 e. The lowest BCUT2D eigenvalue weighted by Gasteiger charge is -2.28. The lowest BCUT2D eigenvalue weighted by Crippen LogP contribution is -2.41. The molecule has 2 rings (SSSR count). The molecule has 1 unspecified atom stereocenters. The Labute approximate surface area is 123 Å². The highest BCUT2D eigenvalue weighted by molar-refractivity contribution is 6.30. The van der Waals surface area contributed by atoms with E-state index < -0.39 is 5.38 Å². The van der Waals surface area contributed by atoms with Gasteiger partial charge in [0.1, 0.15) is 5.38 Å². The molecule has 4 nitrogen and oxygen atoms in total. The number of benzene rings is 1. The SMILES string of the molecule is NC(=O)C1CCC(NC(=O)C(Cl)c2ccccc2)CC1. The number of alkyl halides is 1. The fourth-order valence-corrected chi connectivity index (χ4v) is 2.78. The third kappa shape index (κ3) is 3.73. The van der Waals surface area contributed by atoms with Crippen LogP contribution in [0.5, 0.6) is 0 Å². The first-order valence-electron chi connectivity index (χ1n) is 6.86. The maximum absolute atomic E-state index is 12.1. The largest absolute Gasteiger partial charge is 0.369 e. The molecule has 5 heteroatoms. The summed E-state index contributed by atoms with van der Waals surface area (Å²) in [5.41, 5.74) is 6.08. The second-order valence-electron chi connectivity index (χ2n) is 5.23. The number of carbonyl (C=O) groups excluding carboxylic acids is 2. The number of nitrogens with two attached hydrogens (primary N) is 1. The molecule has 3 N–H and O–H groups in total. The van der Waals surface area contributed by atoms with E-state index in [-0.39, 0.29) is 23.8 Å². The standard InChI is InChI=1S/C15H19ClN2O2/c16-13(10-4-2-1-3-5-10)15(20)18-12-8-6-11(7-9-12)14(17)19/h1-5,11-13H,6-9H2,(H2,17,19)(H,18,20). The number of carbonyl (C=O) groups is 2. The van der Waals surface area contributed by atoms with Crippen molar-refractivity contribution in [1.82, 2.24) is 5.32 Å². The molecule has 1 aromatic rings. The van der Waals surface area contributed by atoms with Gasteiger partial charge in [0.25, 0.3) is 0 Å². The van der Waals surface area contributed by atoms with Gasteiger partial charge < -0.3 is 11.1 Å². The Morgan fingerprint density at radius 1 is 1.15 bits per heavy atom. The van der Waals surface area contributed by atoms with E-state index in [1.807, 2.05) is 30.3 Å². The van der Waals surface area contributed by atoms with Crippen molar-refractivity contribution in [2.45, 2.75) is 37.1 Å². The molecule has 0 spiro atoms. The van der Waals surface area contributed by atoms with Gasteiger partial charge in [-0.3, -0.25) is 9.59 Å². The maximum atomic E-state index is 12.1. The zero-order chi connectivity index (χ0) is 14.5. The zero-order valence-electron chi connectivity index (χ0n) is 11.2. The normalized spacial score (nSPS) is 23.9. The van der Waals surface area contributed by atoms with Crippen LogP contribution in [0.3, 0.4) is 0 Å². The number of halogens is 1. The predicted molar refractivity (Wildman–Crippen MR) is 78.1 cm³/mol. The molecule has 108 valence electrons. The minimum Gasteiger partial charge on any atom is -0.369 e. The molecule has 1 saturated carbocycles. The molecule has 1 aliphatic rings. The van der Waals surface area contributed by atoms with Gasteiger partial charge >= 0.3 is 0 Å². The molecule has 0 bridgehead atoms. The number of nitrogens with one attached hydrogen (secondary N) is 1. The van der Waals surface area contributed by atoms with E-state index in [0.717, 1.165) is 31.2 Å². The second kappa shape index (κ2) is 6.75. The molecular formula is C15H19ClN2O2. The summed E-state index contributed by atoms with van der Waals surface area (Å²) in [5.74, 6) is -0.473. The minimum atomic E-state index is -0.676. The fraction of sp³-hybridized carbons (Fsp3) is 0.467. The third-order valence-electron chi connectivity index (χ3n) is 3.80. The average molecular weight is 295 g/mol. The van der Waals surface area contributed by atoms with Gasteiger partial charge in [0.2, 0.25) is 11.8 Å². The van der Waals surface area contributed by atoms with Gasteiger partial charge in [-0.1, -0.05) is 30.3 Å². The molecule has 1 atom stereocenters. The molecule has 1 aromatic carbocycles. The van der Waals surface area contributed by atoms with Crippen molar-refractivity contribution in [2.75, 3.05) is 0 Å². The van der Waals surface area contributed by atoms with Crippen molar-refractivity contribution < 1.29 is 9.59 Å². The molecular weight excluding hydrogens is 276 g/mol. The summed E-state index contributed by atoms with van der Waals surface area (Å²) < 4.78 is 0. The number of rotatable bonds is 4. The maximum Gasteiger partial charge on any atom is 0.242 e. The summed E-state index contributed by atoms with van der Waals surface area (Å²) in [5, 5.41) is 2.28. The van der Waals surface area contributed by atoms with Gasteiger partial charge in [0.05, 0.1) is 0 Å². The van der Waals surface area contributed by atoms with Crippen molar-refractivity contribution in [3.05, 3.63) is 35.9 Å². The Kier molecular flexibility index (Phi) is 5.01. The summed E-state index contributed by atoms with van der Waals surface area (Å²) >= 11 is 6.17. The Morgan fingerprint density at radius 3 is 2.30 bits per heavy atom. The molecule has 0 saturated heterocycles. The molecule has 1 aliphatic carbocycles. The Morgan fingerprint density at radius 2 is 1.75 bits per heavy atom. The molecule has 1 fully saturated rings. The lowest BCUT2D eigenvalue weighted by molar-refractivity contribution is -0.123. The Bertz CT molecular complexity index is 470. The quantitative estimate of drug-likeness (QED) is 0.835. The van der Waals surface area contributed by atoms with E-state index in [0.29, 0.717) is 0 Å². The fourth-order valence-electron chi connectivity index (χ4n) is 2.57. The number of primary amides is 1. The molecule has 0 radical (unpaired) electrons. The first-order valence-corrected chi connectivity index (χ1v) is 7.30. The van der Waals surface area contributed by atoms with Crippen LogP contribution in [-0.4, -0.2) is 17.9 Å². The lowest BCUT2D eigenvalue weighted by atomic mass is 9.85. The van der Waals surface area contributed by atoms with Gasteiger partial charge in [0.15, 0.2) is 0 Å². The minimum absolute atomic E-state index is 0.0518. The number of hydrogen-bond acceptors (Lipinski definition) is 2. The van der Waals surface area contributed by atoms with Crippen LogP contribution in [0.1, 0.15) is 36.6 Å². The van der Waals surface area contributed by atoms with Gasteiger partial charge in [0, 0.05) is 12.0 Å². The van der Waals surface area contributed by atoms with E-state index in [1.54, 1.807) is 0 Å². The number of hydrogen-bond donors (Lipinski definition) is 2. The van der Waals surface area contributed by atoms with E-state index >= 15 is 0 Å². The van der Waals surface area contributed by atoms with Crippen LogP contribution < -0.4 is 11.1 Å². The summed E-state index contributed by atoms with van der Waals surface area (Å²) in [6.45, 7) is 0. The summed E-state index contributed by atoms with van der Waals surface area (Å²) in [4.78, 5) is 23.2. The van der Waals surface area contributed by atoms with E-state index in [4.69, 9.17) is 17.3 Å². The van der Waals surface area contributed by atoms with Crippen LogP contribution in [0, 0.1) is 5.92 Å². The van der Waals surface area contributed by atoms with Crippen LogP contribution in [0.15, 0.2) is 30.3 Å². The summed E-state index contributed by atoms with van der Waals surface area (Å²) in [7, 11) is 0. The zero-order valence-corrected chi connectivity index (χ0v) is 12.0. The van der Waals surface area contributed by atoms with Crippen molar-refractivity contribution in [1.29, 1.82) is 0 Å². The molecule has 2 amide bonds. The Balaban J connectivity index is 1.85. The first-order chi connectivity index (χ1) is 9.58. The second-order valence-corrected chi connectivity index (χ2v) is 5.67. The van der Waals surface area contributed by atoms with E-state index in [1.165, 1.54) is 0 Å². The molecule has 0 aromatic heterocycles. The van der Waals surface area contributed by atoms with E-state index in [9.17, 15) is 9.59 Å². The van der Waals surface area contributed by atoms with Gasteiger partial charge in [-0.05, 0) is 31.2 Å². The summed E-state index contributed by atoms with van der Waals surface area (Å²) in [6.07, 6.45) is 3.02. The average Bonchev–Trinajstić information content (AvgIpc) is 2.48. The van der Waals surface area contributed by atoms with Crippen LogP contribution in [0.2, 0.25) is 0 Å². The van der Waals surface area contributed by atoms with Crippen molar-refractivity contribution in [3.8, 4) is 0 Å². The first kappa shape index (κ1) is 14.9. The van der Waals surface area contributed by atoms with Crippen molar-refractivity contribution in [2.24, 2.45) is 11.7 Å². The van der Waals surface area contributed by atoms with E-state index in [2.05, 4.69) is 5.32 Å². The van der Waals surface area contributed by atoms with Crippen LogP contribution in [0.4, 0.5) is 0 Å². The highest BCUT2D eigenvalue weighted by Gasteiger charge is 2.27. The Hall–Kier alpha value is -1.55. The molecule has 0 heterocycles. The highest BCUT2D eigenvalue weighted by Crippen LogP contribution is 2.26. The van der Waals surface area contributed by atoms with Gasteiger partial charge in [-0.25, -0.2) is 0 Å². The van der Waals surface area contributed by atoms with Crippen LogP contribution >= 0.6 is 11.6 Å². The van der Waals surface area contributed by atoms with Crippen molar-refractivity contribution in [3.63, 3.8) is 0 Å². The van der Waals surface area contributed by atoms with Gasteiger partial charge in [-0.15, -0.1) is 11.6 Å². The van der Waals surface area contributed by atoms with Crippen LogP contribution in [0.25, 0.3) is 0 Å². The summed E-state index contributed by atoms with van der Waals surface area (Å²) in [6, 6.07) is 9.35. The third-order valence-corrected chi connectivity index (χ3v) is 4.25. The topological polar surface area (TPSA) is 72.2 Å². The highest BCUT2D eigenvalue weighted by atomic mass is 35.5.